The molecule has 0 amide bonds. The maximum absolute atomic E-state index is 12.1. The van der Waals surface area contributed by atoms with Gasteiger partial charge in [0.25, 0.3) is 0 Å². The summed E-state index contributed by atoms with van der Waals surface area (Å²) in [6, 6.07) is 7.60. The molecule has 0 unspecified atom stereocenters. The molecule has 0 aliphatic carbocycles. The number of ketones is 1. The molecule has 0 bridgehead atoms. The molecule has 0 spiro atoms. The largest absolute Gasteiger partial charge is 0.478 e. The quantitative estimate of drug-likeness (QED) is 0.454. The van der Waals surface area contributed by atoms with E-state index in [0.717, 1.165) is 22.5 Å². The lowest BCUT2D eigenvalue weighted by Gasteiger charge is -2.25. The minimum absolute atomic E-state index is 0.0543. The minimum Gasteiger partial charge on any atom is -0.478 e. The first-order valence-corrected chi connectivity index (χ1v) is 7.32. The fourth-order valence-electron chi connectivity index (χ4n) is 2.17. The second-order valence-electron chi connectivity index (χ2n) is 4.52. The van der Waals surface area contributed by atoms with Gasteiger partial charge in [-0.3, -0.25) is 4.79 Å². The van der Waals surface area contributed by atoms with Crippen molar-refractivity contribution in [2.75, 3.05) is 7.11 Å². The van der Waals surface area contributed by atoms with Crippen molar-refractivity contribution in [2.45, 2.75) is 37.2 Å². The van der Waals surface area contributed by atoms with Crippen LogP contribution in [0.25, 0.3) is 5.76 Å². The van der Waals surface area contributed by atoms with Crippen LogP contribution in [-0.2, 0) is 18.8 Å². The van der Waals surface area contributed by atoms with E-state index in [9.17, 15) is 4.79 Å². The van der Waals surface area contributed by atoms with E-state index in [1.165, 1.54) is 7.11 Å². The Kier molecular flexibility index (Phi) is 4.86. The van der Waals surface area contributed by atoms with Crippen LogP contribution in [0.3, 0.4) is 0 Å². The molecule has 0 fully saturated rings. The molecule has 0 atom stereocenters. The van der Waals surface area contributed by atoms with Crippen LogP contribution in [0.5, 0.6) is 0 Å². The molecule has 0 N–H and O–H groups in total. The van der Waals surface area contributed by atoms with Crippen molar-refractivity contribution >= 4 is 23.6 Å². The Morgan fingerprint density at radius 1 is 1.20 bits per heavy atom. The van der Waals surface area contributed by atoms with Gasteiger partial charge in [-0.1, -0.05) is 26.0 Å². The van der Waals surface area contributed by atoms with Gasteiger partial charge in [0.15, 0.2) is 5.60 Å². The van der Waals surface area contributed by atoms with Crippen molar-refractivity contribution in [2.24, 2.45) is 0 Å². The van der Waals surface area contributed by atoms with E-state index in [-0.39, 0.29) is 5.78 Å². The highest BCUT2D eigenvalue weighted by atomic mass is 32.2. The number of carbonyl (C=O) groups is 1. The maximum Gasteiger partial charge on any atom is 0.202 e. The first kappa shape index (κ1) is 15.1. The van der Waals surface area contributed by atoms with E-state index in [4.69, 9.17) is 9.07 Å². The van der Waals surface area contributed by atoms with Gasteiger partial charge >= 0.3 is 0 Å². The molecular formula is C15H18O4S. The Morgan fingerprint density at radius 2 is 1.85 bits per heavy atom. The second-order valence-corrected chi connectivity index (χ2v) is 5.29. The molecule has 1 aromatic rings. The zero-order valence-electron chi connectivity index (χ0n) is 11.8. The number of rotatable bonds is 6. The molecule has 5 heteroatoms. The normalized spacial score (nSPS) is 16.9. The van der Waals surface area contributed by atoms with Crippen LogP contribution >= 0.6 is 12.0 Å². The van der Waals surface area contributed by atoms with E-state index in [0.29, 0.717) is 18.6 Å². The molecule has 108 valence electrons. The van der Waals surface area contributed by atoms with Crippen LogP contribution in [-0.4, -0.2) is 18.5 Å². The van der Waals surface area contributed by atoms with Crippen LogP contribution < -0.4 is 0 Å². The molecule has 1 aliphatic rings. The number of carbonyl (C=O) groups excluding carboxylic acids is 1. The zero-order chi connectivity index (χ0) is 14.6. The van der Waals surface area contributed by atoms with Gasteiger partial charge < -0.3 is 4.74 Å². The van der Waals surface area contributed by atoms with Crippen molar-refractivity contribution in [1.29, 1.82) is 0 Å². The Hall–Kier alpha value is -1.30. The van der Waals surface area contributed by atoms with Crippen molar-refractivity contribution < 1.29 is 18.8 Å². The van der Waals surface area contributed by atoms with E-state index in [1.54, 1.807) is 6.08 Å². The van der Waals surface area contributed by atoms with Crippen LogP contribution in [0.2, 0.25) is 0 Å². The van der Waals surface area contributed by atoms with Gasteiger partial charge in [0, 0.05) is 16.5 Å². The lowest BCUT2D eigenvalue weighted by atomic mass is 9.93. The lowest BCUT2D eigenvalue weighted by molar-refractivity contribution is -0.160. The van der Waals surface area contributed by atoms with Crippen LogP contribution in [0.1, 0.15) is 32.3 Å². The highest BCUT2D eigenvalue weighted by molar-refractivity contribution is 7.94. The van der Waals surface area contributed by atoms with Gasteiger partial charge in [0.1, 0.15) is 5.76 Å². The highest BCUT2D eigenvalue weighted by Gasteiger charge is 2.41. The molecule has 1 aliphatic heterocycles. The molecule has 0 radical (unpaired) electrons. The summed E-state index contributed by atoms with van der Waals surface area (Å²) in [5.74, 6) is 0.696. The van der Waals surface area contributed by atoms with Crippen molar-refractivity contribution in [1.82, 2.24) is 0 Å². The molecule has 1 heterocycles. The van der Waals surface area contributed by atoms with Gasteiger partial charge in [-0.25, -0.2) is 4.89 Å². The molecule has 0 saturated heterocycles. The summed E-state index contributed by atoms with van der Waals surface area (Å²) in [6.45, 7) is 3.94. The molecule has 20 heavy (non-hydrogen) atoms. The Bertz CT molecular complexity index is 503. The Labute approximate surface area is 123 Å². The van der Waals surface area contributed by atoms with Crippen LogP contribution in [0, 0.1) is 0 Å². The fourth-order valence-corrected chi connectivity index (χ4v) is 2.57. The van der Waals surface area contributed by atoms with Crippen molar-refractivity contribution in [3.05, 3.63) is 35.9 Å². The van der Waals surface area contributed by atoms with Crippen molar-refractivity contribution in [3.8, 4) is 0 Å². The predicted octanol–water partition coefficient (Wildman–Crippen LogP) is 3.77. The van der Waals surface area contributed by atoms with Crippen LogP contribution in [0.4, 0.5) is 0 Å². The summed E-state index contributed by atoms with van der Waals surface area (Å²) in [4.78, 5) is 17.6. The molecular weight excluding hydrogens is 276 g/mol. The smallest absolute Gasteiger partial charge is 0.202 e. The Balaban J connectivity index is 2.13. The minimum atomic E-state index is -0.679. The summed E-state index contributed by atoms with van der Waals surface area (Å²) in [5, 5.41) is 0. The topological polar surface area (TPSA) is 44.8 Å². The lowest BCUT2D eigenvalue weighted by Crippen LogP contribution is -2.34. The van der Waals surface area contributed by atoms with Gasteiger partial charge in [-0.15, -0.1) is 0 Å². The summed E-state index contributed by atoms with van der Waals surface area (Å²) in [7, 11) is 1.46. The third-order valence-electron chi connectivity index (χ3n) is 3.50. The van der Waals surface area contributed by atoms with Gasteiger partial charge in [0.2, 0.25) is 5.78 Å². The van der Waals surface area contributed by atoms with Gasteiger partial charge in [0.05, 0.1) is 19.2 Å². The third kappa shape index (κ3) is 2.90. The molecule has 0 aromatic heterocycles. The number of hydrogen-bond acceptors (Lipinski definition) is 5. The third-order valence-corrected chi connectivity index (χ3v) is 4.16. The highest BCUT2D eigenvalue weighted by Crippen LogP contribution is 2.36. The summed E-state index contributed by atoms with van der Waals surface area (Å²) < 4.78 is 10.7. The number of ether oxygens (including phenoxy) is 1. The van der Waals surface area contributed by atoms with E-state index >= 15 is 0 Å². The van der Waals surface area contributed by atoms with Gasteiger partial charge in [-0.05, 0) is 25.0 Å². The van der Waals surface area contributed by atoms with E-state index < -0.39 is 5.60 Å². The second kappa shape index (κ2) is 6.43. The maximum atomic E-state index is 12.1. The zero-order valence-corrected chi connectivity index (χ0v) is 12.7. The summed E-state index contributed by atoms with van der Waals surface area (Å²) in [5.41, 5.74) is 0.214. The van der Waals surface area contributed by atoms with Crippen molar-refractivity contribution in [3.63, 3.8) is 0 Å². The Morgan fingerprint density at radius 3 is 2.35 bits per heavy atom. The monoisotopic (exact) mass is 294 g/mol. The summed E-state index contributed by atoms with van der Waals surface area (Å²) >= 11 is 1.13. The SMILES string of the molecule is CCC1(CC)OC(c2ccc(SOOC)cc2)=CC1=O. The van der Waals surface area contributed by atoms with Crippen LogP contribution in [0.15, 0.2) is 35.2 Å². The van der Waals surface area contributed by atoms with E-state index in [2.05, 4.69) is 4.89 Å². The molecule has 4 nitrogen and oxygen atoms in total. The molecule has 2 rings (SSSR count). The molecule has 1 aromatic carbocycles. The first-order valence-electron chi connectivity index (χ1n) is 6.58. The van der Waals surface area contributed by atoms with E-state index in [1.807, 2.05) is 38.1 Å². The standard InChI is InChI=1S/C15H18O4S/c1-4-15(5-2)14(16)10-13(18-15)11-6-8-12(9-7-11)20-19-17-3/h6-10H,4-5H2,1-3H3. The summed E-state index contributed by atoms with van der Waals surface area (Å²) in [6.07, 6.45) is 2.96. The molecule has 0 saturated carbocycles. The average Bonchev–Trinajstić information content (AvgIpc) is 2.83. The number of benzene rings is 1. The predicted molar refractivity (Wildman–Crippen MR) is 77.8 cm³/mol. The first-order chi connectivity index (χ1) is 9.65. The fraction of sp³-hybridized carbons (Fsp3) is 0.400. The van der Waals surface area contributed by atoms with Gasteiger partial charge in [-0.2, -0.15) is 4.33 Å². The number of hydrogen-bond donors (Lipinski definition) is 0. The average molecular weight is 294 g/mol.